The van der Waals surface area contributed by atoms with Gasteiger partial charge in [-0.1, -0.05) is 12.8 Å². The van der Waals surface area contributed by atoms with E-state index in [0.717, 1.165) is 45.2 Å². The number of ether oxygens (including phenoxy) is 2. The average molecular weight is 499 g/mol. The summed E-state index contributed by atoms with van der Waals surface area (Å²) in [5.74, 6) is -0.219. The van der Waals surface area contributed by atoms with E-state index in [1.165, 1.54) is 20.0 Å². The predicted molar refractivity (Wildman–Crippen MR) is 131 cm³/mol. The number of carbonyl (C=O) groups is 3. The van der Waals surface area contributed by atoms with Crippen LogP contribution in [0.4, 0.5) is 0 Å². The number of esters is 1. The van der Waals surface area contributed by atoms with Crippen LogP contribution < -0.4 is 0 Å². The van der Waals surface area contributed by atoms with E-state index >= 15 is 0 Å². The van der Waals surface area contributed by atoms with Gasteiger partial charge in [0, 0.05) is 31.1 Å². The third-order valence-corrected chi connectivity index (χ3v) is 8.75. The van der Waals surface area contributed by atoms with Crippen molar-refractivity contribution in [1.29, 1.82) is 0 Å². The average Bonchev–Trinajstić information content (AvgIpc) is 3.61. The fraction of sp³-hybridized carbons (Fsp3) is 0.679. The maximum absolute atomic E-state index is 14.0. The van der Waals surface area contributed by atoms with E-state index in [2.05, 4.69) is 0 Å². The van der Waals surface area contributed by atoms with Gasteiger partial charge in [0.05, 0.1) is 32.1 Å². The van der Waals surface area contributed by atoms with Crippen LogP contribution in [0.2, 0.25) is 0 Å². The normalized spacial score (nSPS) is 31.2. The number of furan rings is 1. The molecule has 36 heavy (non-hydrogen) atoms. The Bertz CT molecular complexity index is 992. The standard InChI is InChI=1S/C28H38N2O6/c1-19-28(27(33)34-2)17-21(15-25(31)29-12-6-3-7-13-29)26(32)30(18-22-11-8-14-35-22)24(28)16-23(36-19)20-9-4-5-10-20/h8,11,14,16,19-21,23H,3-7,9-10,12-13,15,17-18H2,1-2H3/t19-,21+,23-,28+/m1/s1. The molecule has 4 atom stereocenters. The fourth-order valence-electron chi connectivity index (χ4n) is 6.75. The fourth-order valence-corrected chi connectivity index (χ4v) is 6.75. The molecule has 3 aliphatic heterocycles. The van der Waals surface area contributed by atoms with E-state index < -0.39 is 23.4 Å². The van der Waals surface area contributed by atoms with Crippen LogP contribution in [0.5, 0.6) is 0 Å². The number of hydrogen-bond donors (Lipinski definition) is 0. The smallest absolute Gasteiger partial charge is 0.320 e. The van der Waals surface area contributed by atoms with Crippen molar-refractivity contribution in [2.75, 3.05) is 20.2 Å². The van der Waals surface area contributed by atoms with Gasteiger partial charge < -0.3 is 23.7 Å². The Morgan fingerprint density at radius 2 is 1.89 bits per heavy atom. The van der Waals surface area contributed by atoms with Crippen molar-refractivity contribution < 1.29 is 28.3 Å². The van der Waals surface area contributed by atoms with Gasteiger partial charge in [-0.05, 0) is 69.6 Å². The topological polar surface area (TPSA) is 89.3 Å². The van der Waals surface area contributed by atoms with E-state index in [-0.39, 0.29) is 37.3 Å². The van der Waals surface area contributed by atoms with Gasteiger partial charge in [-0.15, -0.1) is 0 Å². The molecule has 1 aliphatic carbocycles. The highest BCUT2D eigenvalue weighted by Crippen LogP contribution is 2.52. The molecule has 0 aromatic carbocycles. The lowest BCUT2D eigenvalue weighted by molar-refractivity contribution is -0.178. The molecule has 3 fully saturated rings. The van der Waals surface area contributed by atoms with Crippen molar-refractivity contribution in [2.24, 2.45) is 17.3 Å². The Balaban J connectivity index is 1.53. The molecule has 4 heterocycles. The minimum atomic E-state index is -1.16. The van der Waals surface area contributed by atoms with E-state index in [0.29, 0.717) is 17.4 Å². The number of likely N-dealkylation sites (tertiary alicyclic amines) is 2. The first-order valence-corrected chi connectivity index (χ1v) is 13.5. The van der Waals surface area contributed by atoms with E-state index in [4.69, 9.17) is 13.9 Å². The number of methoxy groups -OCH3 is 1. The number of piperidine rings is 2. The van der Waals surface area contributed by atoms with E-state index in [1.54, 1.807) is 17.2 Å². The molecule has 0 unspecified atom stereocenters. The van der Waals surface area contributed by atoms with E-state index in [9.17, 15) is 14.4 Å². The molecule has 0 spiro atoms. The number of nitrogens with zero attached hydrogens (tertiary/aromatic N) is 2. The molecule has 2 amide bonds. The molecule has 0 N–H and O–H groups in total. The van der Waals surface area contributed by atoms with Crippen LogP contribution in [-0.2, 0) is 30.4 Å². The lowest BCUT2D eigenvalue weighted by Gasteiger charge is -2.52. The molecule has 0 radical (unpaired) electrons. The lowest BCUT2D eigenvalue weighted by atomic mass is 9.66. The van der Waals surface area contributed by atoms with Crippen LogP contribution in [-0.4, -0.2) is 60.0 Å². The molecule has 4 aliphatic rings. The molecular weight excluding hydrogens is 460 g/mol. The van der Waals surface area contributed by atoms with Crippen molar-refractivity contribution >= 4 is 17.8 Å². The number of fused-ring (bicyclic) bond motifs is 1. The zero-order valence-corrected chi connectivity index (χ0v) is 21.4. The number of rotatable bonds is 6. The summed E-state index contributed by atoms with van der Waals surface area (Å²) in [6.07, 6.45) is 10.8. The third-order valence-electron chi connectivity index (χ3n) is 8.75. The Morgan fingerprint density at radius 3 is 2.56 bits per heavy atom. The molecular formula is C28H38N2O6. The van der Waals surface area contributed by atoms with Crippen molar-refractivity contribution in [3.63, 3.8) is 0 Å². The lowest BCUT2D eigenvalue weighted by Crippen LogP contribution is -2.60. The summed E-state index contributed by atoms with van der Waals surface area (Å²) in [5.41, 5.74) is -0.509. The number of hydrogen-bond acceptors (Lipinski definition) is 6. The zero-order chi connectivity index (χ0) is 25.3. The van der Waals surface area contributed by atoms with Gasteiger partial charge >= 0.3 is 5.97 Å². The molecule has 196 valence electrons. The van der Waals surface area contributed by atoms with E-state index in [1.807, 2.05) is 24.0 Å². The highest BCUT2D eigenvalue weighted by molar-refractivity contribution is 5.92. The maximum Gasteiger partial charge on any atom is 0.320 e. The Kier molecular flexibility index (Phi) is 7.24. The predicted octanol–water partition coefficient (Wildman–Crippen LogP) is 4.05. The number of amides is 2. The van der Waals surface area contributed by atoms with Gasteiger partial charge in [-0.3, -0.25) is 14.4 Å². The first-order valence-electron chi connectivity index (χ1n) is 13.5. The summed E-state index contributed by atoms with van der Waals surface area (Å²) in [4.78, 5) is 44.3. The summed E-state index contributed by atoms with van der Waals surface area (Å²) in [7, 11) is 1.38. The first kappa shape index (κ1) is 25.1. The molecule has 8 heteroatoms. The third kappa shape index (κ3) is 4.49. The van der Waals surface area contributed by atoms with Crippen molar-refractivity contribution in [1.82, 2.24) is 9.80 Å². The number of carbonyl (C=O) groups excluding carboxylic acids is 3. The summed E-state index contributed by atoms with van der Waals surface area (Å²) in [6.45, 7) is 3.57. The zero-order valence-electron chi connectivity index (χ0n) is 21.4. The van der Waals surface area contributed by atoms with Crippen LogP contribution in [0.25, 0.3) is 0 Å². The van der Waals surface area contributed by atoms with Crippen LogP contribution in [0.15, 0.2) is 34.6 Å². The van der Waals surface area contributed by atoms with Gasteiger partial charge in [0.15, 0.2) is 0 Å². The van der Waals surface area contributed by atoms with Gasteiger partial charge in [-0.25, -0.2) is 0 Å². The Hall–Kier alpha value is -2.61. The minimum Gasteiger partial charge on any atom is -0.468 e. The van der Waals surface area contributed by atoms with Crippen LogP contribution in [0.1, 0.15) is 70.5 Å². The van der Waals surface area contributed by atoms with Crippen molar-refractivity contribution in [3.8, 4) is 0 Å². The second-order valence-electron chi connectivity index (χ2n) is 10.9. The van der Waals surface area contributed by atoms with Crippen molar-refractivity contribution in [2.45, 2.75) is 83.5 Å². The largest absolute Gasteiger partial charge is 0.468 e. The Morgan fingerprint density at radius 1 is 1.14 bits per heavy atom. The highest BCUT2D eigenvalue weighted by Gasteiger charge is 2.60. The molecule has 8 nitrogen and oxygen atoms in total. The van der Waals surface area contributed by atoms with Crippen LogP contribution in [0.3, 0.4) is 0 Å². The van der Waals surface area contributed by atoms with Gasteiger partial charge in [0.25, 0.3) is 0 Å². The SMILES string of the molecule is COC(=O)[C@]12C[C@H](CC(=O)N3CCCCC3)C(=O)N(Cc3ccco3)C1=C[C@H](C1CCCC1)O[C@@H]2C. The molecule has 2 saturated heterocycles. The molecule has 1 aromatic heterocycles. The summed E-state index contributed by atoms with van der Waals surface area (Å²) in [5, 5.41) is 0. The minimum absolute atomic E-state index is 0.0216. The molecule has 1 saturated carbocycles. The van der Waals surface area contributed by atoms with Gasteiger partial charge in [0.1, 0.15) is 11.2 Å². The second kappa shape index (κ2) is 10.4. The van der Waals surface area contributed by atoms with Gasteiger partial charge in [0.2, 0.25) is 11.8 Å². The highest BCUT2D eigenvalue weighted by atomic mass is 16.5. The second-order valence-corrected chi connectivity index (χ2v) is 10.9. The summed E-state index contributed by atoms with van der Waals surface area (Å²) < 4.78 is 17.5. The first-order chi connectivity index (χ1) is 17.4. The van der Waals surface area contributed by atoms with Gasteiger partial charge in [-0.2, -0.15) is 0 Å². The monoisotopic (exact) mass is 498 g/mol. The molecule has 1 aromatic rings. The van der Waals surface area contributed by atoms with Crippen LogP contribution >= 0.6 is 0 Å². The maximum atomic E-state index is 14.0. The molecule has 0 bridgehead atoms. The Labute approximate surface area is 213 Å². The summed E-state index contributed by atoms with van der Waals surface area (Å²) in [6, 6.07) is 3.62. The molecule has 5 rings (SSSR count). The van der Waals surface area contributed by atoms with Crippen LogP contribution in [0, 0.1) is 17.3 Å². The quantitative estimate of drug-likeness (QED) is 0.550. The summed E-state index contributed by atoms with van der Waals surface area (Å²) >= 11 is 0. The van der Waals surface area contributed by atoms with Crippen molar-refractivity contribution in [3.05, 3.63) is 35.9 Å².